The molecule has 0 bridgehead atoms. The second-order valence-electron chi connectivity index (χ2n) is 6.30. The predicted molar refractivity (Wildman–Crippen MR) is 109 cm³/mol. The molecule has 1 atom stereocenters. The van der Waals surface area contributed by atoms with Crippen LogP contribution in [0.2, 0.25) is 0 Å². The number of hydrogen-bond acceptors (Lipinski definition) is 5. The monoisotopic (exact) mass is 387 g/mol. The fraction of sp³-hybridized carbons (Fsp3) is 0.316. The highest BCUT2D eigenvalue weighted by Gasteiger charge is 2.20. The summed E-state index contributed by atoms with van der Waals surface area (Å²) >= 11 is 2.70. The van der Waals surface area contributed by atoms with Crippen LogP contribution in [0.5, 0.6) is 0 Å². The Hall–Kier alpha value is -2.12. The number of thioether (sulfide) groups is 1. The van der Waals surface area contributed by atoms with Crippen molar-refractivity contribution < 1.29 is 4.79 Å². The van der Waals surface area contributed by atoms with Crippen LogP contribution in [0.1, 0.15) is 29.3 Å². The van der Waals surface area contributed by atoms with Crippen molar-refractivity contribution >= 4 is 39.2 Å². The summed E-state index contributed by atoms with van der Waals surface area (Å²) in [5, 5.41) is 0.629. The molecule has 136 valence electrons. The van der Waals surface area contributed by atoms with Crippen molar-refractivity contribution in [1.82, 2.24) is 9.97 Å². The Labute approximate surface area is 160 Å². The van der Waals surface area contributed by atoms with Crippen LogP contribution < -0.4 is 11.3 Å². The third kappa shape index (κ3) is 3.41. The van der Waals surface area contributed by atoms with Crippen LogP contribution in [-0.2, 0) is 4.79 Å². The van der Waals surface area contributed by atoms with Crippen LogP contribution in [0.4, 0.5) is 0 Å². The SMILES string of the molecule is CCC(Sc1nc2sc(C)c(-c3ccc(C)c(C)c3)c2c(=O)[nH]1)C(N)=O. The number of thiophene rings is 1. The van der Waals surface area contributed by atoms with Gasteiger partial charge in [-0.25, -0.2) is 4.98 Å². The number of aromatic amines is 1. The number of aromatic nitrogens is 2. The van der Waals surface area contributed by atoms with Gasteiger partial charge in [-0.05, 0) is 43.9 Å². The van der Waals surface area contributed by atoms with E-state index in [1.54, 1.807) is 0 Å². The molecule has 3 N–H and O–H groups in total. The molecular formula is C19H21N3O2S2. The molecule has 2 aromatic heterocycles. The second-order valence-corrected chi connectivity index (χ2v) is 8.70. The van der Waals surface area contributed by atoms with Gasteiger partial charge in [-0.3, -0.25) is 9.59 Å². The lowest BCUT2D eigenvalue weighted by atomic mass is 9.99. The molecule has 1 unspecified atom stereocenters. The minimum atomic E-state index is -0.407. The largest absolute Gasteiger partial charge is 0.369 e. The molecule has 5 nitrogen and oxygen atoms in total. The normalized spacial score (nSPS) is 12.5. The molecule has 0 radical (unpaired) electrons. The lowest BCUT2D eigenvalue weighted by Crippen LogP contribution is -2.25. The Morgan fingerprint density at radius 1 is 1.31 bits per heavy atom. The Bertz CT molecular complexity index is 1050. The number of rotatable bonds is 5. The highest BCUT2D eigenvalue weighted by Crippen LogP contribution is 2.37. The standard InChI is InChI=1S/C19H21N3O2S2/c1-5-13(16(20)23)26-19-21-17(24)15-14(11(4)25-18(15)22-19)12-7-6-9(2)10(3)8-12/h6-8,13H,5H2,1-4H3,(H2,20,23)(H,21,22,24). The van der Waals surface area contributed by atoms with Gasteiger partial charge in [0.2, 0.25) is 5.91 Å². The van der Waals surface area contributed by atoms with Crippen LogP contribution in [0.3, 0.4) is 0 Å². The van der Waals surface area contributed by atoms with Gasteiger partial charge in [-0.2, -0.15) is 0 Å². The number of amides is 1. The summed E-state index contributed by atoms with van der Waals surface area (Å²) < 4.78 is 0. The van der Waals surface area contributed by atoms with Gasteiger partial charge in [-0.1, -0.05) is 36.9 Å². The first-order chi connectivity index (χ1) is 12.3. The van der Waals surface area contributed by atoms with E-state index in [9.17, 15) is 9.59 Å². The van der Waals surface area contributed by atoms with Crippen molar-refractivity contribution in [3.63, 3.8) is 0 Å². The van der Waals surface area contributed by atoms with E-state index in [1.165, 1.54) is 34.2 Å². The molecular weight excluding hydrogens is 366 g/mol. The van der Waals surface area contributed by atoms with E-state index in [0.717, 1.165) is 16.0 Å². The maximum atomic E-state index is 12.8. The van der Waals surface area contributed by atoms with Gasteiger partial charge in [0.1, 0.15) is 4.83 Å². The average Bonchev–Trinajstić information content (AvgIpc) is 2.91. The molecule has 3 rings (SSSR count). The van der Waals surface area contributed by atoms with E-state index in [-0.39, 0.29) is 5.56 Å². The number of primary amides is 1. The summed E-state index contributed by atoms with van der Waals surface area (Å²) in [6.45, 7) is 8.01. The van der Waals surface area contributed by atoms with E-state index < -0.39 is 11.2 Å². The van der Waals surface area contributed by atoms with Gasteiger partial charge in [0.15, 0.2) is 5.16 Å². The van der Waals surface area contributed by atoms with E-state index in [4.69, 9.17) is 5.73 Å². The Balaban J connectivity index is 2.13. The quantitative estimate of drug-likeness (QED) is 0.513. The van der Waals surface area contributed by atoms with Crippen molar-refractivity contribution in [1.29, 1.82) is 0 Å². The van der Waals surface area contributed by atoms with Crippen LogP contribution in [-0.4, -0.2) is 21.1 Å². The molecule has 1 aromatic carbocycles. The summed E-state index contributed by atoms with van der Waals surface area (Å²) in [5.41, 5.74) is 9.57. The Morgan fingerprint density at radius 2 is 2.04 bits per heavy atom. The number of H-pyrrole nitrogens is 1. The van der Waals surface area contributed by atoms with Crippen LogP contribution >= 0.6 is 23.1 Å². The lowest BCUT2D eigenvalue weighted by Gasteiger charge is -2.09. The van der Waals surface area contributed by atoms with E-state index in [2.05, 4.69) is 35.9 Å². The third-order valence-corrected chi connectivity index (χ3v) is 6.72. The summed E-state index contributed by atoms with van der Waals surface area (Å²) in [5.74, 6) is -0.404. The summed E-state index contributed by atoms with van der Waals surface area (Å²) in [7, 11) is 0. The Kier molecular flexibility index (Phi) is 5.20. The predicted octanol–water partition coefficient (Wildman–Crippen LogP) is 3.93. The molecule has 0 aliphatic rings. The molecule has 0 fully saturated rings. The van der Waals surface area contributed by atoms with E-state index in [1.807, 2.05) is 19.9 Å². The first-order valence-electron chi connectivity index (χ1n) is 8.38. The average molecular weight is 388 g/mol. The summed E-state index contributed by atoms with van der Waals surface area (Å²) in [4.78, 5) is 33.4. The number of nitrogens with one attached hydrogen (secondary N) is 1. The Morgan fingerprint density at radius 3 is 2.65 bits per heavy atom. The molecule has 7 heteroatoms. The van der Waals surface area contributed by atoms with Gasteiger partial charge >= 0.3 is 0 Å². The summed E-state index contributed by atoms with van der Waals surface area (Å²) in [6.07, 6.45) is 0.582. The fourth-order valence-electron chi connectivity index (χ4n) is 2.88. The van der Waals surface area contributed by atoms with Crippen molar-refractivity contribution in [3.8, 4) is 11.1 Å². The highest BCUT2D eigenvalue weighted by atomic mass is 32.2. The van der Waals surface area contributed by atoms with Crippen molar-refractivity contribution in [2.24, 2.45) is 5.73 Å². The van der Waals surface area contributed by atoms with Gasteiger partial charge in [0.25, 0.3) is 5.56 Å². The van der Waals surface area contributed by atoms with Gasteiger partial charge in [0, 0.05) is 10.4 Å². The maximum absolute atomic E-state index is 12.8. The smallest absolute Gasteiger partial charge is 0.260 e. The van der Waals surface area contributed by atoms with Crippen molar-refractivity contribution in [2.45, 2.75) is 44.5 Å². The van der Waals surface area contributed by atoms with Crippen LogP contribution in [0.15, 0.2) is 28.2 Å². The molecule has 0 aliphatic carbocycles. The molecule has 1 amide bonds. The number of aryl methyl sites for hydroxylation is 3. The first kappa shape index (κ1) is 18.7. The topological polar surface area (TPSA) is 88.8 Å². The first-order valence-corrected chi connectivity index (χ1v) is 10.1. The van der Waals surface area contributed by atoms with Gasteiger partial charge < -0.3 is 10.7 Å². The van der Waals surface area contributed by atoms with Gasteiger partial charge in [-0.15, -0.1) is 11.3 Å². The minimum absolute atomic E-state index is 0.186. The molecule has 3 aromatic rings. The number of carbonyl (C=O) groups is 1. The van der Waals surface area contributed by atoms with E-state index in [0.29, 0.717) is 21.8 Å². The van der Waals surface area contributed by atoms with Crippen molar-refractivity contribution in [2.75, 3.05) is 0 Å². The molecule has 0 aliphatic heterocycles. The second kappa shape index (κ2) is 7.25. The number of nitrogens with two attached hydrogens (primary N) is 1. The zero-order valence-corrected chi connectivity index (χ0v) is 16.8. The zero-order chi connectivity index (χ0) is 19.0. The van der Waals surface area contributed by atoms with Gasteiger partial charge in [0.05, 0.1) is 10.6 Å². The number of nitrogens with zero attached hydrogens (tertiary/aromatic N) is 1. The minimum Gasteiger partial charge on any atom is -0.369 e. The van der Waals surface area contributed by atoms with Crippen molar-refractivity contribution in [3.05, 3.63) is 44.6 Å². The maximum Gasteiger partial charge on any atom is 0.260 e. The number of carbonyl (C=O) groups excluding carboxylic acids is 1. The number of fused-ring (bicyclic) bond motifs is 1. The molecule has 2 heterocycles. The fourth-order valence-corrected chi connectivity index (χ4v) is 4.83. The number of benzene rings is 1. The summed E-state index contributed by atoms with van der Waals surface area (Å²) in [6, 6.07) is 6.21. The zero-order valence-electron chi connectivity index (χ0n) is 15.2. The van der Waals surface area contributed by atoms with Crippen LogP contribution in [0, 0.1) is 20.8 Å². The molecule has 26 heavy (non-hydrogen) atoms. The lowest BCUT2D eigenvalue weighted by molar-refractivity contribution is -0.117. The van der Waals surface area contributed by atoms with E-state index >= 15 is 0 Å². The highest BCUT2D eigenvalue weighted by molar-refractivity contribution is 8.00. The molecule has 0 saturated carbocycles. The molecule has 0 spiro atoms. The molecule has 0 saturated heterocycles. The number of hydrogen-bond donors (Lipinski definition) is 2. The third-order valence-electron chi connectivity index (χ3n) is 4.45. The van der Waals surface area contributed by atoms with Crippen LogP contribution in [0.25, 0.3) is 21.3 Å².